The van der Waals surface area contributed by atoms with Crippen molar-refractivity contribution in [3.8, 4) is 0 Å². The molecule has 1 heterocycles. The molecule has 1 atom stereocenters. The molecule has 0 radical (unpaired) electrons. The van der Waals surface area contributed by atoms with Gasteiger partial charge in [0.2, 0.25) is 5.91 Å². The molecule has 22 heavy (non-hydrogen) atoms. The molecule has 1 amide bonds. The van der Waals surface area contributed by atoms with Crippen LogP contribution >= 0.6 is 12.4 Å². The number of nitrogens with two attached hydrogens (primary N) is 1. The van der Waals surface area contributed by atoms with Crippen molar-refractivity contribution in [1.82, 2.24) is 4.90 Å². The highest BCUT2D eigenvalue weighted by Gasteiger charge is 2.32. The average Bonchev–Trinajstić information content (AvgIpc) is 2.46. The number of amides is 1. The lowest BCUT2D eigenvalue weighted by Gasteiger charge is -2.37. The maximum Gasteiger partial charge on any atom is 0.240 e. The van der Waals surface area contributed by atoms with E-state index in [9.17, 15) is 4.79 Å². The van der Waals surface area contributed by atoms with E-state index in [-0.39, 0.29) is 23.7 Å². The normalized spacial score (nSPS) is 17.5. The Morgan fingerprint density at radius 1 is 1.23 bits per heavy atom. The van der Waals surface area contributed by atoms with Gasteiger partial charge in [0, 0.05) is 24.8 Å². The van der Waals surface area contributed by atoms with E-state index in [2.05, 4.69) is 17.4 Å². The van der Waals surface area contributed by atoms with Crippen LogP contribution in [-0.2, 0) is 4.79 Å². The number of hydrogen-bond donors (Lipinski definition) is 2. The predicted octanol–water partition coefficient (Wildman–Crippen LogP) is 2.88. The van der Waals surface area contributed by atoms with E-state index < -0.39 is 6.04 Å². The number of likely N-dealkylation sites (tertiary alicyclic amines) is 1. The average molecular weight is 326 g/mol. The summed E-state index contributed by atoms with van der Waals surface area (Å²) in [5, 5.41) is 3.53. The molecule has 1 aromatic carbocycles. The molecule has 1 aromatic rings. The van der Waals surface area contributed by atoms with E-state index in [1.807, 2.05) is 43.9 Å². The molecule has 0 bridgehead atoms. The Kier molecular flexibility index (Phi) is 6.69. The van der Waals surface area contributed by atoms with Crippen molar-refractivity contribution in [2.24, 2.45) is 11.1 Å². The fourth-order valence-corrected chi connectivity index (χ4v) is 2.58. The van der Waals surface area contributed by atoms with Gasteiger partial charge in [0.1, 0.15) is 0 Å². The van der Waals surface area contributed by atoms with E-state index in [4.69, 9.17) is 5.73 Å². The fourth-order valence-electron chi connectivity index (χ4n) is 2.58. The number of para-hydroxylation sites is 1. The van der Waals surface area contributed by atoms with Crippen LogP contribution in [0.5, 0.6) is 0 Å². The summed E-state index contributed by atoms with van der Waals surface area (Å²) in [5.41, 5.74) is 7.04. The topological polar surface area (TPSA) is 58.4 Å². The number of carbonyl (C=O) groups excluding carboxylic acids is 1. The van der Waals surface area contributed by atoms with E-state index in [1.54, 1.807) is 0 Å². The first-order valence-corrected chi connectivity index (χ1v) is 7.74. The lowest BCUT2D eigenvalue weighted by Crippen LogP contribution is -2.53. The predicted molar refractivity (Wildman–Crippen MR) is 94.3 cm³/mol. The zero-order chi connectivity index (χ0) is 15.5. The van der Waals surface area contributed by atoms with E-state index in [0.29, 0.717) is 6.04 Å². The van der Waals surface area contributed by atoms with Crippen LogP contribution in [0.1, 0.15) is 33.6 Å². The smallest absolute Gasteiger partial charge is 0.240 e. The second kappa shape index (κ2) is 7.84. The minimum atomic E-state index is -0.420. The molecule has 0 spiro atoms. The standard InChI is InChI=1S/C17H27N3O.ClH/c1-17(2,3)15(18)16(21)20-11-9-14(10-12-20)19-13-7-5-4-6-8-13;/h4-8,14-15,19H,9-12,18H2,1-3H3;1H/t15-;/m1./s1. The highest BCUT2D eigenvalue weighted by Crippen LogP contribution is 2.22. The Labute approximate surface area is 139 Å². The van der Waals surface area contributed by atoms with Gasteiger partial charge < -0.3 is 16.0 Å². The van der Waals surface area contributed by atoms with Gasteiger partial charge in [0.15, 0.2) is 0 Å². The van der Waals surface area contributed by atoms with Gasteiger partial charge in [0.05, 0.1) is 6.04 Å². The Bertz CT molecular complexity index is 465. The third-order valence-corrected chi connectivity index (χ3v) is 4.15. The van der Waals surface area contributed by atoms with Gasteiger partial charge in [-0.15, -0.1) is 12.4 Å². The molecule has 0 aromatic heterocycles. The molecule has 5 heteroatoms. The largest absolute Gasteiger partial charge is 0.382 e. The van der Waals surface area contributed by atoms with Crippen molar-refractivity contribution < 1.29 is 4.79 Å². The van der Waals surface area contributed by atoms with Gasteiger partial charge in [-0.3, -0.25) is 4.79 Å². The molecule has 0 unspecified atom stereocenters. The Morgan fingerprint density at radius 3 is 2.27 bits per heavy atom. The lowest BCUT2D eigenvalue weighted by atomic mass is 9.86. The maximum absolute atomic E-state index is 12.4. The molecular formula is C17H28ClN3O. The molecule has 124 valence electrons. The zero-order valence-electron chi connectivity index (χ0n) is 13.7. The first kappa shape index (κ1) is 18.8. The van der Waals surface area contributed by atoms with Crippen molar-refractivity contribution in [2.45, 2.75) is 45.7 Å². The molecular weight excluding hydrogens is 298 g/mol. The molecule has 3 N–H and O–H groups in total. The number of piperidine rings is 1. The highest BCUT2D eigenvalue weighted by molar-refractivity contribution is 5.85. The summed E-state index contributed by atoms with van der Waals surface area (Å²) in [6.07, 6.45) is 1.94. The van der Waals surface area contributed by atoms with Gasteiger partial charge in [-0.25, -0.2) is 0 Å². The van der Waals surface area contributed by atoms with Crippen molar-refractivity contribution in [3.63, 3.8) is 0 Å². The number of nitrogens with zero attached hydrogens (tertiary/aromatic N) is 1. The summed E-state index contributed by atoms with van der Waals surface area (Å²) in [6, 6.07) is 10.2. The molecule has 4 nitrogen and oxygen atoms in total. The van der Waals surface area contributed by atoms with Crippen LogP contribution in [0.4, 0.5) is 5.69 Å². The monoisotopic (exact) mass is 325 g/mol. The van der Waals surface area contributed by atoms with Crippen LogP contribution in [0.25, 0.3) is 0 Å². The molecule has 0 aliphatic carbocycles. The fraction of sp³-hybridized carbons (Fsp3) is 0.588. The Balaban J connectivity index is 0.00000242. The van der Waals surface area contributed by atoms with E-state index >= 15 is 0 Å². The molecule has 1 fully saturated rings. The van der Waals surface area contributed by atoms with Gasteiger partial charge in [0.25, 0.3) is 0 Å². The van der Waals surface area contributed by atoms with Crippen LogP contribution in [0.15, 0.2) is 30.3 Å². The minimum absolute atomic E-state index is 0. The summed E-state index contributed by atoms with van der Waals surface area (Å²) in [5.74, 6) is 0.0839. The number of benzene rings is 1. The summed E-state index contributed by atoms with van der Waals surface area (Å²) in [6.45, 7) is 7.61. The zero-order valence-corrected chi connectivity index (χ0v) is 14.5. The van der Waals surface area contributed by atoms with Gasteiger partial charge in [-0.2, -0.15) is 0 Å². The SMILES string of the molecule is CC(C)(C)[C@H](N)C(=O)N1CCC(Nc2ccccc2)CC1.Cl. The molecule has 1 saturated heterocycles. The van der Waals surface area contributed by atoms with Crippen LogP contribution < -0.4 is 11.1 Å². The number of carbonyl (C=O) groups is 1. The Morgan fingerprint density at radius 2 is 1.77 bits per heavy atom. The molecule has 1 aliphatic rings. The number of anilines is 1. The third-order valence-electron chi connectivity index (χ3n) is 4.15. The van der Waals surface area contributed by atoms with Gasteiger partial charge in [-0.1, -0.05) is 39.0 Å². The van der Waals surface area contributed by atoms with E-state index in [0.717, 1.165) is 31.6 Å². The number of hydrogen-bond acceptors (Lipinski definition) is 3. The van der Waals surface area contributed by atoms with Crippen molar-refractivity contribution >= 4 is 24.0 Å². The highest BCUT2D eigenvalue weighted by atomic mass is 35.5. The summed E-state index contributed by atoms with van der Waals surface area (Å²) in [7, 11) is 0. The van der Waals surface area contributed by atoms with Crippen LogP contribution in [0.2, 0.25) is 0 Å². The van der Waals surface area contributed by atoms with Crippen LogP contribution in [-0.4, -0.2) is 36.0 Å². The molecule has 1 aliphatic heterocycles. The van der Waals surface area contributed by atoms with Crippen molar-refractivity contribution in [1.29, 1.82) is 0 Å². The minimum Gasteiger partial charge on any atom is -0.382 e. The van der Waals surface area contributed by atoms with Crippen LogP contribution in [0, 0.1) is 5.41 Å². The number of nitrogens with one attached hydrogen (secondary N) is 1. The van der Waals surface area contributed by atoms with Crippen molar-refractivity contribution in [3.05, 3.63) is 30.3 Å². The van der Waals surface area contributed by atoms with Crippen molar-refractivity contribution in [2.75, 3.05) is 18.4 Å². The number of halogens is 1. The first-order chi connectivity index (χ1) is 9.88. The Hall–Kier alpha value is -1.26. The second-order valence-electron chi connectivity index (χ2n) is 6.95. The van der Waals surface area contributed by atoms with Gasteiger partial charge in [-0.05, 0) is 30.4 Å². The lowest BCUT2D eigenvalue weighted by molar-refractivity contribution is -0.135. The second-order valence-corrected chi connectivity index (χ2v) is 6.95. The number of rotatable bonds is 3. The summed E-state index contributed by atoms with van der Waals surface area (Å²) >= 11 is 0. The van der Waals surface area contributed by atoms with Gasteiger partial charge >= 0.3 is 0 Å². The summed E-state index contributed by atoms with van der Waals surface area (Å²) in [4.78, 5) is 14.3. The van der Waals surface area contributed by atoms with E-state index in [1.165, 1.54) is 0 Å². The third kappa shape index (κ3) is 4.89. The summed E-state index contributed by atoms with van der Waals surface area (Å²) < 4.78 is 0. The van der Waals surface area contributed by atoms with Crippen LogP contribution in [0.3, 0.4) is 0 Å². The maximum atomic E-state index is 12.4. The quantitative estimate of drug-likeness (QED) is 0.898. The molecule has 0 saturated carbocycles. The first-order valence-electron chi connectivity index (χ1n) is 7.74. The molecule has 2 rings (SSSR count).